The molecule has 1 amide bonds. The number of fused-ring (bicyclic) bond motifs is 1. The van der Waals surface area contributed by atoms with Gasteiger partial charge in [-0.1, -0.05) is 0 Å². The lowest BCUT2D eigenvalue weighted by Crippen LogP contribution is -2.47. The van der Waals surface area contributed by atoms with E-state index < -0.39 is 17.6 Å². The fourth-order valence-electron chi connectivity index (χ4n) is 2.48. The topological polar surface area (TPSA) is 66.8 Å². The SMILES string of the molecule is COC(=O)[C@]12CCCN1C(=O)[C@H](O)C2. The highest BCUT2D eigenvalue weighted by molar-refractivity contribution is 5.94. The first-order chi connectivity index (χ1) is 6.62. The van der Waals surface area contributed by atoms with Gasteiger partial charge < -0.3 is 14.7 Å². The van der Waals surface area contributed by atoms with E-state index >= 15 is 0 Å². The van der Waals surface area contributed by atoms with Crippen LogP contribution in [-0.4, -0.2) is 47.2 Å². The summed E-state index contributed by atoms with van der Waals surface area (Å²) in [6.45, 7) is 0.547. The van der Waals surface area contributed by atoms with Crippen molar-refractivity contribution in [1.29, 1.82) is 0 Å². The molecule has 78 valence electrons. The Labute approximate surface area is 81.6 Å². The summed E-state index contributed by atoms with van der Waals surface area (Å²) in [5, 5.41) is 9.41. The highest BCUT2D eigenvalue weighted by atomic mass is 16.5. The van der Waals surface area contributed by atoms with E-state index in [1.54, 1.807) is 0 Å². The van der Waals surface area contributed by atoms with E-state index in [-0.39, 0.29) is 12.3 Å². The Bertz CT molecular complexity index is 291. The number of rotatable bonds is 1. The van der Waals surface area contributed by atoms with Gasteiger partial charge in [-0.3, -0.25) is 4.79 Å². The standard InChI is InChI=1S/C9H13NO4/c1-14-8(13)9-3-2-4-10(9)7(12)6(11)5-9/h6,11H,2-5H2,1H3/t6-,9-/m1/s1. The fraction of sp³-hybridized carbons (Fsp3) is 0.778. The molecule has 2 fully saturated rings. The monoisotopic (exact) mass is 199 g/mol. The zero-order valence-electron chi connectivity index (χ0n) is 8.02. The minimum atomic E-state index is -1.03. The van der Waals surface area contributed by atoms with Crippen LogP contribution in [0.2, 0.25) is 0 Å². The van der Waals surface area contributed by atoms with Crippen LogP contribution in [0.3, 0.4) is 0 Å². The van der Waals surface area contributed by atoms with Gasteiger partial charge in [0.15, 0.2) is 0 Å². The first-order valence-corrected chi connectivity index (χ1v) is 4.70. The Balaban J connectivity index is 2.33. The van der Waals surface area contributed by atoms with E-state index in [1.807, 2.05) is 0 Å². The average Bonchev–Trinajstić information content (AvgIpc) is 2.68. The Hall–Kier alpha value is -1.10. The van der Waals surface area contributed by atoms with Crippen LogP contribution in [-0.2, 0) is 14.3 Å². The first-order valence-electron chi connectivity index (χ1n) is 4.70. The number of carbonyl (C=O) groups excluding carboxylic acids is 2. The molecule has 2 heterocycles. The molecule has 0 aromatic rings. The summed E-state index contributed by atoms with van der Waals surface area (Å²) in [6, 6.07) is 0. The van der Waals surface area contributed by atoms with E-state index in [0.717, 1.165) is 6.42 Å². The first kappa shape index (κ1) is 9.45. The normalized spacial score (nSPS) is 36.0. The minimum Gasteiger partial charge on any atom is -0.467 e. The molecule has 1 N–H and O–H groups in total. The predicted octanol–water partition coefficient (Wildman–Crippen LogP) is -0.715. The lowest BCUT2D eigenvalue weighted by atomic mass is 9.93. The van der Waals surface area contributed by atoms with Gasteiger partial charge in [0.2, 0.25) is 0 Å². The number of esters is 1. The van der Waals surface area contributed by atoms with Crippen molar-refractivity contribution in [2.75, 3.05) is 13.7 Å². The molecule has 0 bridgehead atoms. The largest absolute Gasteiger partial charge is 0.467 e. The summed E-state index contributed by atoms with van der Waals surface area (Å²) in [5.74, 6) is -0.743. The third kappa shape index (κ3) is 0.987. The van der Waals surface area contributed by atoms with E-state index in [0.29, 0.717) is 13.0 Å². The van der Waals surface area contributed by atoms with Gasteiger partial charge in [-0.2, -0.15) is 0 Å². The van der Waals surface area contributed by atoms with Crippen LogP contribution >= 0.6 is 0 Å². The quantitative estimate of drug-likeness (QED) is 0.566. The number of nitrogens with zero attached hydrogens (tertiary/aromatic N) is 1. The smallest absolute Gasteiger partial charge is 0.331 e. The van der Waals surface area contributed by atoms with E-state index in [1.165, 1.54) is 12.0 Å². The van der Waals surface area contributed by atoms with Crippen LogP contribution in [0.1, 0.15) is 19.3 Å². The number of aliphatic hydroxyl groups is 1. The molecule has 0 aliphatic carbocycles. The van der Waals surface area contributed by atoms with Crippen LogP contribution in [0.4, 0.5) is 0 Å². The van der Waals surface area contributed by atoms with Crippen molar-refractivity contribution in [2.24, 2.45) is 0 Å². The molecule has 0 aromatic carbocycles. The van der Waals surface area contributed by atoms with Gasteiger partial charge >= 0.3 is 5.97 Å². The van der Waals surface area contributed by atoms with Crippen LogP contribution in [0, 0.1) is 0 Å². The average molecular weight is 199 g/mol. The molecule has 2 aliphatic rings. The molecule has 14 heavy (non-hydrogen) atoms. The number of hydrogen-bond acceptors (Lipinski definition) is 4. The van der Waals surface area contributed by atoms with Crippen molar-refractivity contribution in [3.8, 4) is 0 Å². The van der Waals surface area contributed by atoms with E-state index in [2.05, 4.69) is 0 Å². The zero-order chi connectivity index (χ0) is 10.3. The molecule has 0 unspecified atom stereocenters. The molecule has 0 saturated carbocycles. The number of hydrogen-bond donors (Lipinski definition) is 1. The molecule has 0 spiro atoms. The number of carbonyl (C=O) groups is 2. The summed E-state index contributed by atoms with van der Waals surface area (Å²) in [7, 11) is 1.31. The van der Waals surface area contributed by atoms with Crippen molar-refractivity contribution in [3.05, 3.63) is 0 Å². The molecule has 5 nitrogen and oxygen atoms in total. The van der Waals surface area contributed by atoms with Gasteiger partial charge in [-0.05, 0) is 12.8 Å². The third-order valence-corrected chi connectivity index (χ3v) is 3.14. The van der Waals surface area contributed by atoms with Crippen LogP contribution in [0.5, 0.6) is 0 Å². The zero-order valence-corrected chi connectivity index (χ0v) is 8.02. The molecule has 2 saturated heterocycles. The maximum atomic E-state index is 11.6. The van der Waals surface area contributed by atoms with Gasteiger partial charge in [0.1, 0.15) is 11.6 Å². The van der Waals surface area contributed by atoms with Crippen molar-refractivity contribution >= 4 is 11.9 Å². The van der Waals surface area contributed by atoms with Crippen molar-refractivity contribution in [3.63, 3.8) is 0 Å². The van der Waals surface area contributed by atoms with E-state index in [9.17, 15) is 14.7 Å². The fourth-order valence-corrected chi connectivity index (χ4v) is 2.48. The Morgan fingerprint density at radius 3 is 3.07 bits per heavy atom. The number of methoxy groups -OCH3 is 1. The summed E-state index contributed by atoms with van der Waals surface area (Å²) in [4.78, 5) is 24.5. The van der Waals surface area contributed by atoms with Crippen LogP contribution in [0.25, 0.3) is 0 Å². The highest BCUT2D eigenvalue weighted by Crippen LogP contribution is 2.40. The van der Waals surface area contributed by atoms with Gasteiger partial charge in [0, 0.05) is 13.0 Å². The van der Waals surface area contributed by atoms with Crippen LogP contribution < -0.4 is 0 Å². The Kier molecular flexibility index (Phi) is 1.99. The number of ether oxygens (including phenoxy) is 1. The second-order valence-corrected chi connectivity index (χ2v) is 3.84. The third-order valence-electron chi connectivity index (χ3n) is 3.14. The summed E-state index contributed by atoms with van der Waals surface area (Å²) < 4.78 is 4.69. The van der Waals surface area contributed by atoms with Gasteiger partial charge in [0.25, 0.3) is 5.91 Å². The molecule has 0 radical (unpaired) electrons. The van der Waals surface area contributed by atoms with Crippen LogP contribution in [0.15, 0.2) is 0 Å². The minimum absolute atomic E-state index is 0.179. The molecule has 2 aliphatic heterocycles. The van der Waals surface area contributed by atoms with Gasteiger partial charge in [-0.15, -0.1) is 0 Å². The van der Waals surface area contributed by atoms with Crippen molar-refractivity contribution in [1.82, 2.24) is 4.90 Å². The highest BCUT2D eigenvalue weighted by Gasteiger charge is 2.58. The Morgan fingerprint density at radius 2 is 2.43 bits per heavy atom. The maximum Gasteiger partial charge on any atom is 0.331 e. The summed E-state index contributed by atoms with van der Waals surface area (Å²) in [6.07, 6.45) is 0.545. The molecular weight excluding hydrogens is 186 g/mol. The van der Waals surface area contributed by atoms with Gasteiger partial charge in [0.05, 0.1) is 7.11 Å². The Morgan fingerprint density at radius 1 is 1.71 bits per heavy atom. The summed E-state index contributed by atoms with van der Waals surface area (Å²) >= 11 is 0. The van der Waals surface area contributed by atoms with E-state index in [4.69, 9.17) is 4.74 Å². The number of aliphatic hydroxyl groups excluding tert-OH is 1. The molecule has 2 atom stereocenters. The van der Waals surface area contributed by atoms with Crippen molar-refractivity contribution in [2.45, 2.75) is 30.9 Å². The lowest BCUT2D eigenvalue weighted by molar-refractivity contribution is -0.155. The maximum absolute atomic E-state index is 11.6. The molecule has 5 heteroatoms. The predicted molar refractivity (Wildman–Crippen MR) is 46.3 cm³/mol. The second kappa shape index (κ2) is 2.95. The molecule has 2 rings (SSSR count). The molecule has 0 aromatic heterocycles. The second-order valence-electron chi connectivity index (χ2n) is 3.84. The van der Waals surface area contributed by atoms with Crippen molar-refractivity contribution < 1.29 is 19.4 Å². The molecular formula is C9H13NO4. The number of amides is 1. The van der Waals surface area contributed by atoms with Gasteiger partial charge in [-0.25, -0.2) is 4.79 Å². The lowest BCUT2D eigenvalue weighted by Gasteiger charge is -2.27. The summed E-state index contributed by atoms with van der Waals surface area (Å²) in [5.41, 5.74) is -0.870.